The van der Waals surface area contributed by atoms with Crippen molar-refractivity contribution in [2.75, 3.05) is 13.2 Å². The SMILES string of the molecule is CCC[C@@H](NS(=O)(=O)N1CCCC1C(=O)OCC)C(=O)O. The number of nitrogens with zero attached hydrogens (tertiary/aromatic N) is 1. The van der Waals surface area contributed by atoms with E-state index in [1.54, 1.807) is 13.8 Å². The molecule has 0 aliphatic carbocycles. The molecule has 0 saturated carbocycles. The van der Waals surface area contributed by atoms with Gasteiger partial charge in [-0.1, -0.05) is 13.3 Å². The summed E-state index contributed by atoms with van der Waals surface area (Å²) in [7, 11) is -4.04. The minimum absolute atomic E-state index is 0.171. The molecule has 1 unspecified atom stereocenters. The molecule has 0 amide bonds. The maximum Gasteiger partial charge on any atom is 0.324 e. The van der Waals surface area contributed by atoms with Crippen molar-refractivity contribution in [1.29, 1.82) is 0 Å². The van der Waals surface area contributed by atoms with Crippen LogP contribution in [-0.4, -0.2) is 55.0 Å². The summed E-state index contributed by atoms with van der Waals surface area (Å²) in [5.74, 6) is -1.82. The number of aliphatic carboxylic acids is 1. The highest BCUT2D eigenvalue weighted by Crippen LogP contribution is 2.22. The van der Waals surface area contributed by atoms with Crippen molar-refractivity contribution < 1.29 is 27.9 Å². The zero-order valence-corrected chi connectivity index (χ0v) is 13.1. The minimum atomic E-state index is -4.04. The van der Waals surface area contributed by atoms with E-state index in [0.717, 1.165) is 4.31 Å². The fraction of sp³-hybridized carbons (Fsp3) is 0.833. The van der Waals surface area contributed by atoms with Crippen molar-refractivity contribution in [1.82, 2.24) is 9.03 Å². The van der Waals surface area contributed by atoms with Crippen LogP contribution in [0.5, 0.6) is 0 Å². The predicted octanol–water partition coefficient (Wildman–Crippen LogP) is 0.102. The number of hydrogen-bond acceptors (Lipinski definition) is 5. The van der Waals surface area contributed by atoms with Gasteiger partial charge in [0.1, 0.15) is 12.1 Å². The van der Waals surface area contributed by atoms with Crippen LogP contribution in [0.15, 0.2) is 0 Å². The van der Waals surface area contributed by atoms with Gasteiger partial charge in [-0.15, -0.1) is 0 Å². The first-order valence-electron chi connectivity index (χ1n) is 7.02. The lowest BCUT2D eigenvalue weighted by atomic mass is 10.2. The first kappa shape index (κ1) is 17.9. The first-order chi connectivity index (χ1) is 9.83. The number of carboxylic acids is 1. The molecule has 1 saturated heterocycles. The Labute approximate surface area is 124 Å². The summed E-state index contributed by atoms with van der Waals surface area (Å²) in [5, 5.41) is 9.03. The summed E-state index contributed by atoms with van der Waals surface area (Å²) in [6, 6.07) is -2.07. The zero-order chi connectivity index (χ0) is 16.0. The summed E-state index contributed by atoms with van der Waals surface area (Å²) in [4.78, 5) is 22.8. The van der Waals surface area contributed by atoms with Gasteiger partial charge < -0.3 is 9.84 Å². The molecular formula is C12H22N2O6S. The van der Waals surface area contributed by atoms with E-state index < -0.39 is 34.2 Å². The van der Waals surface area contributed by atoms with Crippen molar-refractivity contribution >= 4 is 22.1 Å². The maximum atomic E-state index is 12.3. The molecule has 21 heavy (non-hydrogen) atoms. The van der Waals surface area contributed by atoms with Crippen LogP contribution >= 0.6 is 0 Å². The van der Waals surface area contributed by atoms with E-state index in [0.29, 0.717) is 19.3 Å². The van der Waals surface area contributed by atoms with E-state index in [9.17, 15) is 18.0 Å². The molecule has 0 spiro atoms. The molecule has 122 valence electrons. The Hall–Kier alpha value is -1.19. The largest absolute Gasteiger partial charge is 0.480 e. The van der Waals surface area contributed by atoms with Gasteiger partial charge in [-0.25, -0.2) is 0 Å². The fourth-order valence-electron chi connectivity index (χ4n) is 2.27. The number of hydrogen-bond donors (Lipinski definition) is 2. The Morgan fingerprint density at radius 1 is 1.43 bits per heavy atom. The van der Waals surface area contributed by atoms with Crippen LogP contribution in [0.1, 0.15) is 39.5 Å². The number of carboxylic acid groups (broad SMARTS) is 1. The highest BCUT2D eigenvalue weighted by atomic mass is 32.2. The number of carbonyl (C=O) groups excluding carboxylic acids is 1. The molecule has 1 heterocycles. The molecule has 0 aromatic carbocycles. The zero-order valence-electron chi connectivity index (χ0n) is 12.2. The quantitative estimate of drug-likeness (QED) is 0.613. The number of nitrogens with one attached hydrogen (secondary N) is 1. The third kappa shape index (κ3) is 4.65. The van der Waals surface area contributed by atoms with Gasteiger partial charge in [-0.3, -0.25) is 9.59 Å². The van der Waals surface area contributed by atoms with Crippen molar-refractivity contribution in [3.05, 3.63) is 0 Å². The molecule has 2 N–H and O–H groups in total. The molecule has 0 aromatic heterocycles. The van der Waals surface area contributed by atoms with Crippen LogP contribution < -0.4 is 4.72 Å². The van der Waals surface area contributed by atoms with Crippen LogP contribution in [0.2, 0.25) is 0 Å². The summed E-state index contributed by atoms with van der Waals surface area (Å²) >= 11 is 0. The van der Waals surface area contributed by atoms with Crippen molar-refractivity contribution in [3.63, 3.8) is 0 Å². The molecule has 0 aromatic rings. The van der Waals surface area contributed by atoms with E-state index in [1.807, 2.05) is 0 Å². The normalized spacial score (nSPS) is 21.1. The Bertz CT molecular complexity index is 478. The number of ether oxygens (including phenoxy) is 1. The fourth-order valence-corrected chi connectivity index (χ4v) is 3.88. The number of carbonyl (C=O) groups is 2. The highest BCUT2D eigenvalue weighted by Gasteiger charge is 2.41. The van der Waals surface area contributed by atoms with Gasteiger partial charge in [0.25, 0.3) is 10.2 Å². The van der Waals surface area contributed by atoms with Crippen LogP contribution in [0.4, 0.5) is 0 Å². The lowest BCUT2D eigenvalue weighted by Crippen LogP contribution is -2.51. The molecule has 0 bridgehead atoms. The Balaban J connectivity index is 2.85. The second kappa shape index (κ2) is 7.71. The van der Waals surface area contributed by atoms with Crippen molar-refractivity contribution in [2.45, 2.75) is 51.6 Å². The molecular weight excluding hydrogens is 300 g/mol. The van der Waals surface area contributed by atoms with E-state index in [2.05, 4.69) is 4.72 Å². The summed E-state index contributed by atoms with van der Waals surface area (Å²) in [6.45, 7) is 3.76. The van der Waals surface area contributed by atoms with Gasteiger partial charge in [0, 0.05) is 6.54 Å². The molecule has 9 heteroatoms. The monoisotopic (exact) mass is 322 g/mol. The van der Waals surface area contributed by atoms with Gasteiger partial charge in [-0.2, -0.15) is 17.4 Å². The summed E-state index contributed by atoms with van der Waals surface area (Å²) in [6.07, 6.45) is 1.63. The Morgan fingerprint density at radius 2 is 2.10 bits per heavy atom. The lowest BCUT2D eigenvalue weighted by molar-refractivity contribution is -0.146. The topological polar surface area (TPSA) is 113 Å². The van der Waals surface area contributed by atoms with Crippen LogP contribution in [0.25, 0.3) is 0 Å². The third-order valence-corrected chi connectivity index (χ3v) is 4.87. The first-order valence-corrected chi connectivity index (χ1v) is 8.46. The van der Waals surface area contributed by atoms with Crippen molar-refractivity contribution in [3.8, 4) is 0 Å². The van der Waals surface area contributed by atoms with E-state index in [1.165, 1.54) is 0 Å². The van der Waals surface area contributed by atoms with Crippen molar-refractivity contribution in [2.24, 2.45) is 0 Å². The minimum Gasteiger partial charge on any atom is -0.480 e. The third-order valence-electron chi connectivity index (χ3n) is 3.24. The van der Waals surface area contributed by atoms with Gasteiger partial charge in [0.2, 0.25) is 0 Å². The van der Waals surface area contributed by atoms with Crippen LogP contribution in [-0.2, 0) is 24.5 Å². The molecule has 2 atom stereocenters. The van der Waals surface area contributed by atoms with Crippen LogP contribution in [0, 0.1) is 0 Å². The molecule has 0 radical (unpaired) electrons. The molecule has 1 aliphatic heterocycles. The summed E-state index contributed by atoms with van der Waals surface area (Å²) in [5.41, 5.74) is 0. The number of esters is 1. The van der Waals surface area contributed by atoms with E-state index in [4.69, 9.17) is 9.84 Å². The Morgan fingerprint density at radius 3 is 2.62 bits per heavy atom. The molecule has 1 rings (SSSR count). The Kier molecular flexibility index (Phi) is 6.56. The second-order valence-corrected chi connectivity index (χ2v) is 6.48. The van der Waals surface area contributed by atoms with E-state index >= 15 is 0 Å². The van der Waals surface area contributed by atoms with Gasteiger partial charge in [0.15, 0.2) is 0 Å². The maximum absolute atomic E-state index is 12.3. The molecule has 1 fully saturated rings. The van der Waals surface area contributed by atoms with Gasteiger partial charge in [-0.05, 0) is 26.2 Å². The standard InChI is InChI=1S/C12H22N2O6S/c1-3-6-9(11(15)16)13-21(18,19)14-8-5-7-10(14)12(17)20-4-2/h9-10,13H,3-8H2,1-2H3,(H,15,16)/t9-,10?/m1/s1. The summed E-state index contributed by atoms with van der Waals surface area (Å²) < 4.78 is 32.6. The average Bonchev–Trinajstić information content (AvgIpc) is 2.88. The van der Waals surface area contributed by atoms with Crippen LogP contribution in [0.3, 0.4) is 0 Å². The molecule has 8 nitrogen and oxygen atoms in total. The van der Waals surface area contributed by atoms with Gasteiger partial charge in [0.05, 0.1) is 6.61 Å². The highest BCUT2D eigenvalue weighted by molar-refractivity contribution is 7.87. The van der Waals surface area contributed by atoms with Gasteiger partial charge >= 0.3 is 11.9 Å². The average molecular weight is 322 g/mol. The number of rotatable bonds is 8. The molecule has 1 aliphatic rings. The smallest absolute Gasteiger partial charge is 0.324 e. The predicted molar refractivity (Wildman–Crippen MR) is 74.7 cm³/mol. The lowest BCUT2D eigenvalue weighted by Gasteiger charge is -2.24. The second-order valence-electron chi connectivity index (χ2n) is 4.82. The van der Waals surface area contributed by atoms with E-state index in [-0.39, 0.29) is 19.6 Å².